The Morgan fingerprint density at radius 1 is 1.13 bits per heavy atom. The van der Waals surface area contributed by atoms with Crippen molar-refractivity contribution in [3.8, 4) is 0 Å². The second-order valence-electron chi connectivity index (χ2n) is 9.21. The molecule has 1 atom stereocenters. The SMILES string of the molecule is C[C@H]1CCc2c(ccc3c2nc(CCn2cccn2)n3CCN2CCC(CO)CC2)N1. The number of anilines is 1. The molecule has 2 aromatic heterocycles. The highest BCUT2D eigenvalue weighted by molar-refractivity contribution is 5.86. The second-order valence-corrected chi connectivity index (χ2v) is 9.21. The van der Waals surface area contributed by atoms with Crippen molar-refractivity contribution in [1.82, 2.24) is 24.2 Å². The zero-order valence-corrected chi connectivity index (χ0v) is 18.5. The van der Waals surface area contributed by atoms with Crippen LogP contribution in [0.25, 0.3) is 11.0 Å². The number of rotatable bonds is 7. The molecule has 2 aliphatic heterocycles. The molecule has 3 aromatic rings. The number of aliphatic hydroxyl groups is 1. The fraction of sp³-hybridized carbons (Fsp3) is 0.583. The Bertz CT molecular complexity index is 1000. The average Bonchev–Trinajstić information content (AvgIpc) is 3.44. The Morgan fingerprint density at radius 3 is 2.77 bits per heavy atom. The number of likely N-dealkylation sites (tertiary alicyclic amines) is 1. The van der Waals surface area contributed by atoms with Crippen molar-refractivity contribution in [2.24, 2.45) is 5.92 Å². The van der Waals surface area contributed by atoms with E-state index in [0.717, 1.165) is 70.7 Å². The molecule has 7 nitrogen and oxygen atoms in total. The van der Waals surface area contributed by atoms with Crippen LogP contribution in [0.2, 0.25) is 0 Å². The highest BCUT2D eigenvalue weighted by Gasteiger charge is 2.22. The van der Waals surface area contributed by atoms with Gasteiger partial charge in [-0.1, -0.05) is 0 Å². The molecule has 1 aromatic carbocycles. The van der Waals surface area contributed by atoms with Crippen molar-refractivity contribution in [3.05, 3.63) is 42.0 Å². The Labute approximate surface area is 184 Å². The molecule has 1 fully saturated rings. The minimum absolute atomic E-state index is 0.329. The number of nitrogens with zero attached hydrogens (tertiary/aromatic N) is 5. The molecule has 0 saturated carbocycles. The number of nitrogens with one attached hydrogen (secondary N) is 1. The molecule has 0 aliphatic carbocycles. The first-order chi connectivity index (χ1) is 15.2. The van der Waals surface area contributed by atoms with E-state index in [2.05, 4.69) is 38.9 Å². The van der Waals surface area contributed by atoms with Crippen LogP contribution in [0, 0.1) is 5.92 Å². The summed E-state index contributed by atoms with van der Waals surface area (Å²) in [5, 5.41) is 17.4. The lowest BCUT2D eigenvalue weighted by Gasteiger charge is -2.31. The van der Waals surface area contributed by atoms with Crippen LogP contribution in [0.15, 0.2) is 30.6 Å². The first kappa shape index (κ1) is 20.5. The third-order valence-electron chi connectivity index (χ3n) is 7.06. The molecule has 4 heterocycles. The van der Waals surface area contributed by atoms with Crippen LogP contribution >= 0.6 is 0 Å². The van der Waals surface area contributed by atoms with Crippen LogP contribution in [-0.2, 0) is 25.9 Å². The van der Waals surface area contributed by atoms with E-state index < -0.39 is 0 Å². The van der Waals surface area contributed by atoms with E-state index in [4.69, 9.17) is 4.98 Å². The quantitative estimate of drug-likeness (QED) is 0.613. The van der Waals surface area contributed by atoms with Crippen LogP contribution in [0.1, 0.15) is 37.6 Å². The number of benzene rings is 1. The number of hydrogen-bond donors (Lipinski definition) is 2. The van der Waals surface area contributed by atoms with Gasteiger partial charge in [0.2, 0.25) is 0 Å². The molecule has 0 amide bonds. The summed E-state index contributed by atoms with van der Waals surface area (Å²) in [5.74, 6) is 1.64. The number of fused-ring (bicyclic) bond motifs is 3. The molecule has 0 radical (unpaired) electrons. The van der Waals surface area contributed by atoms with Crippen LogP contribution in [-0.4, -0.2) is 61.6 Å². The monoisotopic (exact) mass is 422 g/mol. The lowest BCUT2D eigenvalue weighted by molar-refractivity contribution is 0.129. The molecular formula is C24H34N6O. The lowest BCUT2D eigenvalue weighted by atomic mass is 9.97. The first-order valence-corrected chi connectivity index (χ1v) is 11.8. The molecule has 1 saturated heterocycles. The van der Waals surface area contributed by atoms with Crippen molar-refractivity contribution >= 4 is 16.7 Å². The molecular weight excluding hydrogens is 388 g/mol. The maximum absolute atomic E-state index is 9.42. The number of aromatic nitrogens is 4. The van der Waals surface area contributed by atoms with E-state index >= 15 is 0 Å². The van der Waals surface area contributed by atoms with E-state index in [0.29, 0.717) is 18.6 Å². The zero-order chi connectivity index (χ0) is 21.2. The highest BCUT2D eigenvalue weighted by Crippen LogP contribution is 2.32. The number of piperidine rings is 1. The van der Waals surface area contributed by atoms with Gasteiger partial charge in [-0.25, -0.2) is 4.98 Å². The van der Waals surface area contributed by atoms with Crippen molar-refractivity contribution in [1.29, 1.82) is 0 Å². The fourth-order valence-electron chi connectivity index (χ4n) is 5.10. The van der Waals surface area contributed by atoms with Gasteiger partial charge in [0.25, 0.3) is 0 Å². The van der Waals surface area contributed by atoms with Gasteiger partial charge >= 0.3 is 0 Å². The van der Waals surface area contributed by atoms with E-state index in [-0.39, 0.29) is 0 Å². The van der Waals surface area contributed by atoms with Gasteiger partial charge in [-0.15, -0.1) is 0 Å². The van der Waals surface area contributed by atoms with Crippen molar-refractivity contribution in [2.75, 3.05) is 31.6 Å². The minimum Gasteiger partial charge on any atom is -0.396 e. The van der Waals surface area contributed by atoms with Gasteiger partial charge < -0.3 is 19.9 Å². The fourth-order valence-corrected chi connectivity index (χ4v) is 5.10. The number of aryl methyl sites for hydroxylation is 3. The van der Waals surface area contributed by atoms with E-state index in [1.807, 2.05) is 23.1 Å². The maximum Gasteiger partial charge on any atom is 0.111 e. The van der Waals surface area contributed by atoms with Gasteiger partial charge in [0.05, 0.1) is 11.0 Å². The molecule has 5 rings (SSSR count). The molecule has 166 valence electrons. The standard InChI is InChI=1S/C24H34N6O/c1-18-3-4-20-21(26-18)5-6-22-24(20)27-23(9-14-29-11-2-10-25-29)30(22)16-15-28-12-7-19(17-31)8-13-28/h2,5-6,10-11,18-19,26,31H,3-4,7-9,12-17H2,1H3/t18-/m0/s1. The largest absolute Gasteiger partial charge is 0.396 e. The average molecular weight is 423 g/mol. The third-order valence-corrected chi connectivity index (χ3v) is 7.06. The first-order valence-electron chi connectivity index (χ1n) is 11.8. The summed E-state index contributed by atoms with van der Waals surface area (Å²) >= 11 is 0. The lowest BCUT2D eigenvalue weighted by Crippen LogP contribution is -2.36. The molecule has 7 heteroatoms. The number of aliphatic hydroxyl groups excluding tert-OH is 1. The molecule has 31 heavy (non-hydrogen) atoms. The van der Waals surface area contributed by atoms with E-state index in [9.17, 15) is 5.11 Å². The van der Waals surface area contributed by atoms with Gasteiger partial charge in [0.1, 0.15) is 5.82 Å². The highest BCUT2D eigenvalue weighted by atomic mass is 16.3. The summed E-state index contributed by atoms with van der Waals surface area (Å²) in [6.45, 7) is 7.57. The van der Waals surface area contributed by atoms with E-state index in [1.165, 1.54) is 22.3 Å². The summed E-state index contributed by atoms with van der Waals surface area (Å²) < 4.78 is 4.43. The van der Waals surface area contributed by atoms with Gasteiger partial charge in [-0.3, -0.25) is 4.68 Å². The van der Waals surface area contributed by atoms with Crippen LogP contribution < -0.4 is 5.32 Å². The molecule has 0 spiro atoms. The van der Waals surface area contributed by atoms with Gasteiger partial charge in [-0.05, 0) is 69.8 Å². The maximum atomic E-state index is 9.42. The topological polar surface area (TPSA) is 71.1 Å². The molecule has 0 bridgehead atoms. The Morgan fingerprint density at radius 2 is 2.00 bits per heavy atom. The van der Waals surface area contributed by atoms with Crippen LogP contribution in [0.5, 0.6) is 0 Å². The molecule has 0 unspecified atom stereocenters. The Balaban J connectivity index is 1.40. The van der Waals surface area contributed by atoms with Crippen LogP contribution in [0.3, 0.4) is 0 Å². The summed E-state index contributed by atoms with van der Waals surface area (Å²) in [6, 6.07) is 6.99. The molecule has 2 aliphatic rings. The smallest absolute Gasteiger partial charge is 0.111 e. The van der Waals surface area contributed by atoms with E-state index in [1.54, 1.807) is 0 Å². The number of hydrogen-bond acceptors (Lipinski definition) is 5. The van der Waals surface area contributed by atoms with Gasteiger partial charge in [-0.2, -0.15) is 5.10 Å². The third kappa shape index (κ3) is 4.34. The summed E-state index contributed by atoms with van der Waals surface area (Å²) in [7, 11) is 0. The zero-order valence-electron chi connectivity index (χ0n) is 18.5. The minimum atomic E-state index is 0.329. The molecule has 2 N–H and O–H groups in total. The summed E-state index contributed by atoms with van der Waals surface area (Å²) in [6.07, 6.45) is 9.18. The van der Waals surface area contributed by atoms with Gasteiger partial charge in [0.15, 0.2) is 0 Å². The predicted molar refractivity (Wildman–Crippen MR) is 123 cm³/mol. The van der Waals surface area contributed by atoms with Crippen molar-refractivity contribution < 1.29 is 5.11 Å². The van der Waals surface area contributed by atoms with Crippen molar-refractivity contribution in [2.45, 2.75) is 58.2 Å². The second kappa shape index (κ2) is 9.01. The predicted octanol–water partition coefficient (Wildman–Crippen LogP) is 2.93. The van der Waals surface area contributed by atoms with Crippen molar-refractivity contribution in [3.63, 3.8) is 0 Å². The normalized spacial score (nSPS) is 20.1. The van der Waals surface area contributed by atoms with Crippen LogP contribution in [0.4, 0.5) is 5.69 Å². The Kier molecular flexibility index (Phi) is 5.96. The summed E-state index contributed by atoms with van der Waals surface area (Å²) in [4.78, 5) is 7.71. The van der Waals surface area contributed by atoms with Gasteiger partial charge in [0, 0.05) is 62.3 Å². The number of imidazole rings is 1. The Hall–Kier alpha value is -2.38. The summed E-state index contributed by atoms with van der Waals surface area (Å²) in [5.41, 5.74) is 5.06.